The topological polar surface area (TPSA) is 50.4 Å². The molecule has 1 unspecified atom stereocenters. The van der Waals surface area contributed by atoms with Crippen LogP contribution in [0.3, 0.4) is 0 Å². The number of hydrogen-bond acceptors (Lipinski definition) is 4. The van der Waals surface area contributed by atoms with Gasteiger partial charge in [0, 0.05) is 31.7 Å². The van der Waals surface area contributed by atoms with Gasteiger partial charge in [0.25, 0.3) is 0 Å². The number of nitrogens with one attached hydrogen (secondary N) is 2. The molecular weight excluding hydrogens is 248 g/mol. The highest BCUT2D eigenvalue weighted by Gasteiger charge is 2.10. The normalized spacial score (nSPS) is 12.3. The van der Waals surface area contributed by atoms with Gasteiger partial charge >= 0.3 is 0 Å². The van der Waals surface area contributed by atoms with Crippen molar-refractivity contribution in [1.82, 2.24) is 10.6 Å². The Labute approximate surface area is 113 Å². The van der Waals surface area contributed by atoms with Crippen molar-refractivity contribution in [2.45, 2.75) is 25.8 Å². The molecule has 4 nitrogen and oxygen atoms in total. The van der Waals surface area contributed by atoms with Gasteiger partial charge in [-0.25, -0.2) is 0 Å². The van der Waals surface area contributed by atoms with Gasteiger partial charge < -0.3 is 15.4 Å². The zero-order valence-corrected chi connectivity index (χ0v) is 11.9. The molecule has 1 heterocycles. The maximum atomic E-state index is 11.7. The Morgan fingerprint density at radius 1 is 1.50 bits per heavy atom. The molecule has 0 aliphatic carbocycles. The van der Waals surface area contributed by atoms with Crippen LogP contribution in [-0.4, -0.2) is 38.8 Å². The van der Waals surface area contributed by atoms with Crippen molar-refractivity contribution in [3.8, 4) is 0 Å². The van der Waals surface area contributed by atoms with E-state index in [-0.39, 0.29) is 11.9 Å². The first-order valence-corrected chi connectivity index (χ1v) is 7.14. The largest absolute Gasteiger partial charge is 0.385 e. The molecule has 0 saturated carbocycles. The van der Waals surface area contributed by atoms with Crippen molar-refractivity contribution >= 4 is 17.2 Å². The van der Waals surface area contributed by atoms with Gasteiger partial charge in [0.2, 0.25) is 5.91 Å². The Hall–Kier alpha value is -0.910. The predicted molar refractivity (Wildman–Crippen MR) is 75.0 cm³/mol. The minimum Gasteiger partial charge on any atom is -0.385 e. The van der Waals surface area contributed by atoms with Crippen LogP contribution in [0.4, 0.5) is 0 Å². The summed E-state index contributed by atoms with van der Waals surface area (Å²) in [5, 5.41) is 8.18. The molecule has 0 spiro atoms. The number of rotatable bonds is 9. The van der Waals surface area contributed by atoms with Crippen molar-refractivity contribution in [2.75, 3.05) is 26.8 Å². The molecule has 0 bridgehead atoms. The standard InChI is InChI=1S/C13H22N2O2S/c1-11(13(16)15-7-4-9-17-2)14-8-6-12-5-3-10-18-12/h3,5,10-11,14H,4,6-9H2,1-2H3,(H,15,16). The van der Waals surface area contributed by atoms with Crippen molar-refractivity contribution in [3.63, 3.8) is 0 Å². The second-order valence-corrected chi connectivity index (χ2v) is 5.17. The molecular formula is C13H22N2O2S. The molecule has 0 fully saturated rings. The summed E-state index contributed by atoms with van der Waals surface area (Å²) in [5.74, 6) is 0.0530. The molecule has 1 amide bonds. The van der Waals surface area contributed by atoms with Crippen LogP contribution in [0.25, 0.3) is 0 Å². The van der Waals surface area contributed by atoms with Gasteiger partial charge in [0.05, 0.1) is 6.04 Å². The van der Waals surface area contributed by atoms with Gasteiger partial charge in [-0.2, -0.15) is 0 Å². The van der Waals surface area contributed by atoms with Gasteiger partial charge in [0.15, 0.2) is 0 Å². The van der Waals surface area contributed by atoms with Crippen molar-refractivity contribution in [1.29, 1.82) is 0 Å². The molecule has 0 aliphatic heterocycles. The van der Waals surface area contributed by atoms with E-state index >= 15 is 0 Å². The zero-order valence-electron chi connectivity index (χ0n) is 11.1. The number of ether oxygens (including phenoxy) is 1. The third-order valence-electron chi connectivity index (χ3n) is 2.62. The summed E-state index contributed by atoms with van der Waals surface area (Å²) in [4.78, 5) is 13.0. The molecule has 1 aromatic rings. The molecule has 2 N–H and O–H groups in total. The first-order valence-electron chi connectivity index (χ1n) is 6.26. The van der Waals surface area contributed by atoms with E-state index in [1.807, 2.05) is 13.0 Å². The van der Waals surface area contributed by atoms with Crippen molar-refractivity contribution in [3.05, 3.63) is 22.4 Å². The Morgan fingerprint density at radius 2 is 2.33 bits per heavy atom. The molecule has 5 heteroatoms. The second kappa shape index (κ2) is 9.08. The lowest BCUT2D eigenvalue weighted by molar-refractivity contribution is -0.122. The SMILES string of the molecule is COCCCNC(=O)C(C)NCCc1cccs1. The number of amides is 1. The minimum absolute atomic E-state index is 0.0530. The molecule has 1 atom stereocenters. The zero-order chi connectivity index (χ0) is 13.2. The summed E-state index contributed by atoms with van der Waals surface area (Å²) in [6.07, 6.45) is 1.82. The van der Waals surface area contributed by atoms with E-state index < -0.39 is 0 Å². The Kier molecular flexibility index (Phi) is 7.64. The number of methoxy groups -OCH3 is 1. The van der Waals surface area contributed by atoms with E-state index in [9.17, 15) is 4.79 Å². The molecule has 0 aromatic carbocycles. The maximum absolute atomic E-state index is 11.7. The van der Waals surface area contributed by atoms with Crippen LogP contribution in [0.1, 0.15) is 18.2 Å². The number of carbonyl (C=O) groups is 1. The van der Waals surface area contributed by atoms with E-state index in [2.05, 4.69) is 22.1 Å². The monoisotopic (exact) mass is 270 g/mol. The van der Waals surface area contributed by atoms with E-state index in [0.717, 1.165) is 19.4 Å². The van der Waals surface area contributed by atoms with Crippen molar-refractivity contribution in [2.24, 2.45) is 0 Å². The fourth-order valence-electron chi connectivity index (χ4n) is 1.54. The highest BCUT2D eigenvalue weighted by Crippen LogP contribution is 2.08. The van der Waals surface area contributed by atoms with Crippen LogP contribution < -0.4 is 10.6 Å². The lowest BCUT2D eigenvalue weighted by atomic mass is 10.2. The van der Waals surface area contributed by atoms with Crippen LogP contribution in [0.5, 0.6) is 0 Å². The minimum atomic E-state index is -0.146. The Balaban J connectivity index is 2.08. The molecule has 0 radical (unpaired) electrons. The summed E-state index contributed by atoms with van der Waals surface area (Å²) in [7, 11) is 1.66. The van der Waals surface area contributed by atoms with Crippen LogP contribution in [0.2, 0.25) is 0 Å². The second-order valence-electron chi connectivity index (χ2n) is 4.14. The highest BCUT2D eigenvalue weighted by atomic mass is 32.1. The lowest BCUT2D eigenvalue weighted by Crippen LogP contribution is -2.43. The van der Waals surface area contributed by atoms with Crippen LogP contribution >= 0.6 is 11.3 Å². The first-order chi connectivity index (χ1) is 8.74. The number of thiophene rings is 1. The summed E-state index contributed by atoms with van der Waals surface area (Å²) in [6.45, 7) is 4.07. The maximum Gasteiger partial charge on any atom is 0.236 e. The third kappa shape index (κ3) is 6.14. The average Bonchev–Trinajstić information content (AvgIpc) is 2.87. The quantitative estimate of drug-likeness (QED) is 0.667. The fraction of sp³-hybridized carbons (Fsp3) is 0.615. The molecule has 18 heavy (non-hydrogen) atoms. The first kappa shape index (κ1) is 15.1. The van der Waals surface area contributed by atoms with E-state index in [4.69, 9.17) is 4.74 Å². The van der Waals surface area contributed by atoms with Crippen LogP contribution in [0.15, 0.2) is 17.5 Å². The van der Waals surface area contributed by atoms with Gasteiger partial charge in [-0.3, -0.25) is 4.79 Å². The molecule has 1 rings (SSSR count). The van der Waals surface area contributed by atoms with Gasteiger partial charge in [-0.15, -0.1) is 11.3 Å². The molecule has 102 valence electrons. The van der Waals surface area contributed by atoms with Gasteiger partial charge in [-0.05, 0) is 31.2 Å². The molecule has 0 aliphatic rings. The summed E-state index contributed by atoms with van der Waals surface area (Å²) < 4.78 is 4.92. The lowest BCUT2D eigenvalue weighted by Gasteiger charge is -2.13. The van der Waals surface area contributed by atoms with E-state index in [0.29, 0.717) is 13.2 Å². The molecule has 0 saturated heterocycles. The van der Waals surface area contributed by atoms with E-state index in [1.165, 1.54) is 4.88 Å². The fourth-order valence-corrected chi connectivity index (χ4v) is 2.25. The summed E-state index contributed by atoms with van der Waals surface area (Å²) >= 11 is 1.75. The molecule has 1 aromatic heterocycles. The summed E-state index contributed by atoms with van der Waals surface area (Å²) in [6, 6.07) is 4.01. The third-order valence-corrected chi connectivity index (χ3v) is 3.56. The Morgan fingerprint density at radius 3 is 3.00 bits per heavy atom. The number of hydrogen-bond donors (Lipinski definition) is 2. The van der Waals surface area contributed by atoms with Crippen LogP contribution in [0, 0.1) is 0 Å². The summed E-state index contributed by atoms with van der Waals surface area (Å²) in [5.41, 5.74) is 0. The van der Waals surface area contributed by atoms with Crippen molar-refractivity contribution < 1.29 is 9.53 Å². The predicted octanol–water partition coefficient (Wildman–Crippen LogP) is 1.42. The average molecular weight is 270 g/mol. The Bertz CT molecular complexity index is 328. The highest BCUT2D eigenvalue weighted by molar-refractivity contribution is 7.09. The van der Waals surface area contributed by atoms with Gasteiger partial charge in [-0.1, -0.05) is 6.07 Å². The van der Waals surface area contributed by atoms with E-state index in [1.54, 1.807) is 18.4 Å². The van der Waals surface area contributed by atoms with Gasteiger partial charge in [0.1, 0.15) is 0 Å². The number of carbonyl (C=O) groups excluding carboxylic acids is 1. The smallest absolute Gasteiger partial charge is 0.236 e. The van der Waals surface area contributed by atoms with Crippen LogP contribution in [-0.2, 0) is 16.0 Å².